The van der Waals surface area contributed by atoms with Crippen LogP contribution in [0.2, 0.25) is 0 Å². The van der Waals surface area contributed by atoms with Gasteiger partial charge in [0, 0.05) is 17.8 Å². The predicted molar refractivity (Wildman–Crippen MR) is 159 cm³/mol. The first-order chi connectivity index (χ1) is 19.4. The topological polar surface area (TPSA) is 6.48 Å². The molecule has 0 saturated carbocycles. The Morgan fingerprint density at radius 2 is 1.70 bits per heavy atom. The number of hydrogen-bond acceptors (Lipinski definition) is 2. The number of halogens is 3. The van der Waals surface area contributed by atoms with Crippen molar-refractivity contribution < 1.29 is 13.2 Å². The lowest BCUT2D eigenvalue weighted by Gasteiger charge is -2.43. The van der Waals surface area contributed by atoms with Crippen molar-refractivity contribution in [2.45, 2.75) is 52.2 Å². The van der Waals surface area contributed by atoms with Gasteiger partial charge in [0.1, 0.15) is 5.82 Å². The zero-order chi connectivity index (χ0) is 27.8. The molecule has 0 spiro atoms. The molecule has 3 aromatic rings. The molecule has 1 aliphatic carbocycles. The molecule has 1 saturated heterocycles. The fraction of sp³-hybridized carbons (Fsp3) is 0.314. The molecule has 2 heterocycles. The molecule has 5 heteroatoms. The van der Waals surface area contributed by atoms with Crippen molar-refractivity contribution >= 4 is 22.9 Å². The van der Waals surface area contributed by atoms with Gasteiger partial charge in [-0.15, -0.1) is 0 Å². The van der Waals surface area contributed by atoms with Crippen LogP contribution in [0.15, 0.2) is 84.5 Å². The van der Waals surface area contributed by atoms with Gasteiger partial charge < -0.3 is 4.90 Å². The van der Waals surface area contributed by atoms with Crippen molar-refractivity contribution in [3.8, 4) is 0 Å². The maximum absolute atomic E-state index is 14.3. The van der Waals surface area contributed by atoms with E-state index in [4.69, 9.17) is 0 Å². The molecule has 0 bridgehead atoms. The van der Waals surface area contributed by atoms with E-state index in [1.165, 1.54) is 22.1 Å². The quantitative estimate of drug-likeness (QED) is 0.299. The van der Waals surface area contributed by atoms with Gasteiger partial charge in [-0.25, -0.2) is 4.39 Å². The second kappa shape index (κ2) is 11.1. The lowest BCUT2D eigenvalue weighted by atomic mass is 9.83. The molecule has 2 aliphatic heterocycles. The third kappa shape index (κ3) is 5.27. The van der Waals surface area contributed by atoms with Crippen LogP contribution in [0, 0.1) is 11.7 Å². The summed E-state index contributed by atoms with van der Waals surface area (Å²) in [6, 6.07) is 20.6. The number of likely N-dealkylation sites (tertiary alicyclic amines) is 1. The molecule has 0 radical (unpaired) electrons. The molecular weight excluding hydrogens is 505 g/mol. The van der Waals surface area contributed by atoms with Crippen molar-refractivity contribution in [1.29, 1.82) is 0 Å². The number of anilines is 1. The molecule has 40 heavy (non-hydrogen) atoms. The number of para-hydroxylation sites is 1. The normalized spacial score (nSPS) is 19.9. The summed E-state index contributed by atoms with van der Waals surface area (Å²) in [6.45, 7) is 4.23. The fourth-order valence-electron chi connectivity index (χ4n) is 6.63. The first-order valence-corrected chi connectivity index (χ1v) is 14.2. The van der Waals surface area contributed by atoms with Crippen LogP contribution >= 0.6 is 0 Å². The van der Waals surface area contributed by atoms with Crippen LogP contribution in [-0.4, -0.2) is 30.6 Å². The second-order valence-corrected chi connectivity index (χ2v) is 11.4. The van der Waals surface area contributed by atoms with E-state index in [-0.39, 0.29) is 17.8 Å². The van der Waals surface area contributed by atoms with Crippen molar-refractivity contribution in [1.82, 2.24) is 4.90 Å². The molecule has 1 fully saturated rings. The molecule has 0 N–H and O–H groups in total. The van der Waals surface area contributed by atoms with E-state index < -0.39 is 6.55 Å². The molecule has 206 valence electrons. The van der Waals surface area contributed by atoms with Gasteiger partial charge in [0.05, 0.1) is 6.04 Å². The summed E-state index contributed by atoms with van der Waals surface area (Å²) in [4.78, 5) is 3.77. The van der Waals surface area contributed by atoms with Gasteiger partial charge >= 0.3 is 6.55 Å². The Morgan fingerprint density at radius 1 is 0.900 bits per heavy atom. The van der Waals surface area contributed by atoms with E-state index in [2.05, 4.69) is 48.3 Å². The van der Waals surface area contributed by atoms with E-state index in [0.29, 0.717) is 5.69 Å². The van der Waals surface area contributed by atoms with E-state index in [1.807, 2.05) is 37.3 Å². The largest absolute Gasteiger partial charge is 0.315 e. The summed E-state index contributed by atoms with van der Waals surface area (Å²) < 4.78 is 42.6. The summed E-state index contributed by atoms with van der Waals surface area (Å²) in [5, 5.41) is 0. The number of allylic oxidation sites excluding steroid dienone is 3. The maximum Gasteiger partial charge on any atom is 0.315 e. The molecular formula is C35H35F3N2. The van der Waals surface area contributed by atoms with E-state index in [1.54, 1.807) is 12.1 Å². The Balaban J connectivity index is 1.17. The number of piperidine rings is 1. The zero-order valence-corrected chi connectivity index (χ0v) is 23.1. The van der Waals surface area contributed by atoms with E-state index in [9.17, 15) is 13.2 Å². The Morgan fingerprint density at radius 3 is 2.48 bits per heavy atom. The second-order valence-electron chi connectivity index (χ2n) is 11.4. The van der Waals surface area contributed by atoms with E-state index >= 15 is 0 Å². The lowest BCUT2D eigenvalue weighted by Crippen LogP contribution is -2.48. The smallest absolute Gasteiger partial charge is 0.309 e. The highest BCUT2D eigenvalue weighted by Gasteiger charge is 2.37. The molecule has 3 aromatic carbocycles. The van der Waals surface area contributed by atoms with Gasteiger partial charge in [-0.3, -0.25) is 4.90 Å². The first kappa shape index (κ1) is 26.6. The highest BCUT2D eigenvalue weighted by Crippen LogP contribution is 2.40. The van der Waals surface area contributed by atoms with Crippen LogP contribution in [0.5, 0.6) is 0 Å². The molecule has 0 aromatic heterocycles. The Bertz CT molecular complexity index is 1490. The maximum atomic E-state index is 14.3. The van der Waals surface area contributed by atoms with Gasteiger partial charge in [0.15, 0.2) is 0 Å². The van der Waals surface area contributed by atoms with Crippen LogP contribution in [0.4, 0.5) is 18.9 Å². The summed E-state index contributed by atoms with van der Waals surface area (Å²) in [5.41, 5.74) is 9.38. The Labute approximate surface area is 235 Å². The van der Waals surface area contributed by atoms with Crippen molar-refractivity contribution in [2.75, 3.05) is 18.0 Å². The molecule has 1 unspecified atom stereocenters. The molecule has 0 amide bonds. The minimum Gasteiger partial charge on any atom is -0.309 e. The van der Waals surface area contributed by atoms with Crippen molar-refractivity contribution in [2.24, 2.45) is 5.92 Å². The highest BCUT2D eigenvalue weighted by molar-refractivity contribution is 5.86. The van der Waals surface area contributed by atoms with E-state index in [0.717, 1.165) is 72.3 Å². The first-order valence-electron chi connectivity index (χ1n) is 14.2. The molecule has 3 aliphatic rings. The number of nitrogens with zero attached hydrogens (tertiary/aromatic N) is 2. The van der Waals surface area contributed by atoms with Gasteiger partial charge in [-0.05, 0) is 110 Å². The minimum atomic E-state index is -2.53. The third-order valence-corrected chi connectivity index (χ3v) is 8.65. The monoisotopic (exact) mass is 540 g/mol. The lowest BCUT2D eigenvalue weighted by molar-refractivity contribution is 0.109. The van der Waals surface area contributed by atoms with Gasteiger partial charge in [0.25, 0.3) is 0 Å². The SMILES string of the molecule is CC1=Cc2cc(CN3CCC(C4C=C(C)c5ccccc5N4C(F)F)CC3)ccc2C(c2cccc(F)c2)=CC1. The van der Waals surface area contributed by atoms with Crippen LogP contribution < -0.4 is 4.90 Å². The number of alkyl halides is 2. The molecule has 1 atom stereocenters. The fourth-order valence-corrected chi connectivity index (χ4v) is 6.63. The van der Waals surface area contributed by atoms with Crippen LogP contribution in [-0.2, 0) is 6.54 Å². The zero-order valence-electron chi connectivity index (χ0n) is 23.1. The summed E-state index contributed by atoms with van der Waals surface area (Å²) in [7, 11) is 0. The van der Waals surface area contributed by atoms with Gasteiger partial charge in [-0.2, -0.15) is 8.78 Å². The Kier molecular flexibility index (Phi) is 7.41. The van der Waals surface area contributed by atoms with Gasteiger partial charge in [-0.1, -0.05) is 66.3 Å². The Hall–Kier alpha value is -3.57. The number of fused-ring (bicyclic) bond motifs is 2. The van der Waals surface area contributed by atoms with Crippen molar-refractivity contribution in [3.05, 3.63) is 118 Å². The summed E-state index contributed by atoms with van der Waals surface area (Å²) >= 11 is 0. The predicted octanol–water partition coefficient (Wildman–Crippen LogP) is 8.79. The summed E-state index contributed by atoms with van der Waals surface area (Å²) in [5.74, 6) is -0.0428. The summed E-state index contributed by atoms with van der Waals surface area (Å²) in [6.07, 6.45) is 9.09. The molecule has 6 rings (SSSR count). The number of rotatable bonds is 5. The number of hydrogen-bond donors (Lipinski definition) is 0. The third-order valence-electron chi connectivity index (χ3n) is 8.65. The standard InChI is InChI=1S/C35H35F3N2/c1-23-10-12-31(27-6-5-7-29(36)21-27)32-13-11-25(20-28(32)18-23)22-39-16-14-26(15-17-39)34-19-24(2)30-8-3-4-9-33(30)40(34)35(37)38/h3-9,11-13,18-21,26,34-35H,10,14-17,22H2,1-2H3. The highest BCUT2D eigenvalue weighted by atomic mass is 19.3. The molecule has 2 nitrogen and oxygen atoms in total. The average Bonchev–Trinajstić information content (AvgIpc) is 3.11. The van der Waals surface area contributed by atoms with Crippen molar-refractivity contribution in [3.63, 3.8) is 0 Å². The van der Waals surface area contributed by atoms with Crippen LogP contribution in [0.1, 0.15) is 60.9 Å². The average molecular weight is 541 g/mol. The minimum absolute atomic E-state index is 0.185. The van der Waals surface area contributed by atoms with Crippen LogP contribution in [0.3, 0.4) is 0 Å². The number of benzene rings is 3. The van der Waals surface area contributed by atoms with Gasteiger partial charge in [0.2, 0.25) is 0 Å². The van der Waals surface area contributed by atoms with Crippen LogP contribution in [0.25, 0.3) is 17.2 Å².